The average molecular weight is 223 g/mol. The number of carboxylic acids is 1. The third kappa shape index (κ3) is 1.78. The van der Waals surface area contributed by atoms with Gasteiger partial charge in [0.25, 0.3) is 5.91 Å². The molecule has 1 saturated heterocycles. The number of carbonyl (C=O) groups is 2. The molecule has 1 N–H and O–H groups in total. The molecule has 0 bridgehead atoms. The van der Waals surface area contributed by atoms with E-state index in [9.17, 15) is 9.59 Å². The summed E-state index contributed by atoms with van der Waals surface area (Å²) in [6.07, 6.45) is 3.42. The van der Waals surface area contributed by atoms with Crippen LogP contribution in [0.15, 0.2) is 6.20 Å². The lowest BCUT2D eigenvalue weighted by Crippen LogP contribution is -2.28. The standard InChI is InChI=1S/C10H13N3O3/c1-12-6-7(8(11-12)10(15)16)9(14)13-4-2-3-5-13/h6H,2-5H2,1H3,(H,15,16). The van der Waals surface area contributed by atoms with E-state index in [4.69, 9.17) is 5.11 Å². The number of amides is 1. The highest BCUT2D eigenvalue weighted by Gasteiger charge is 2.26. The van der Waals surface area contributed by atoms with Gasteiger partial charge in [0.1, 0.15) is 0 Å². The molecule has 1 aliphatic heterocycles. The summed E-state index contributed by atoms with van der Waals surface area (Å²) >= 11 is 0. The number of carboxylic acid groups (broad SMARTS) is 1. The Kier molecular flexibility index (Phi) is 2.64. The maximum absolute atomic E-state index is 12.0. The monoisotopic (exact) mass is 223 g/mol. The molecule has 0 aromatic carbocycles. The number of hydrogen-bond donors (Lipinski definition) is 1. The van der Waals surface area contributed by atoms with Crippen LogP contribution in [0.3, 0.4) is 0 Å². The van der Waals surface area contributed by atoms with Gasteiger partial charge in [0.2, 0.25) is 0 Å². The molecule has 1 aromatic rings. The molecule has 1 amide bonds. The summed E-state index contributed by atoms with van der Waals surface area (Å²) in [7, 11) is 1.60. The summed E-state index contributed by atoms with van der Waals surface area (Å²) in [5.74, 6) is -1.40. The van der Waals surface area contributed by atoms with Crippen LogP contribution >= 0.6 is 0 Å². The zero-order chi connectivity index (χ0) is 11.7. The maximum atomic E-state index is 12.0. The topological polar surface area (TPSA) is 75.4 Å². The van der Waals surface area contributed by atoms with Crippen molar-refractivity contribution in [2.45, 2.75) is 12.8 Å². The molecule has 86 valence electrons. The summed E-state index contributed by atoms with van der Waals surface area (Å²) < 4.78 is 1.35. The summed E-state index contributed by atoms with van der Waals surface area (Å²) in [6.45, 7) is 1.40. The van der Waals surface area contributed by atoms with Gasteiger partial charge in [-0.05, 0) is 12.8 Å². The first-order valence-corrected chi connectivity index (χ1v) is 5.16. The lowest BCUT2D eigenvalue weighted by atomic mass is 10.2. The second-order valence-corrected chi connectivity index (χ2v) is 3.87. The van der Waals surface area contributed by atoms with Gasteiger partial charge in [-0.3, -0.25) is 9.48 Å². The average Bonchev–Trinajstić information content (AvgIpc) is 2.84. The van der Waals surface area contributed by atoms with Crippen LogP contribution in [0.4, 0.5) is 0 Å². The molecule has 6 nitrogen and oxygen atoms in total. The zero-order valence-corrected chi connectivity index (χ0v) is 9.01. The van der Waals surface area contributed by atoms with Crippen molar-refractivity contribution in [3.05, 3.63) is 17.5 Å². The van der Waals surface area contributed by atoms with E-state index in [0.717, 1.165) is 12.8 Å². The molecule has 0 aliphatic carbocycles. The molecule has 0 radical (unpaired) electrons. The van der Waals surface area contributed by atoms with Crippen LogP contribution in [-0.2, 0) is 7.05 Å². The summed E-state index contributed by atoms with van der Waals surface area (Å²) in [4.78, 5) is 24.6. The minimum Gasteiger partial charge on any atom is -0.476 e. The molecule has 0 spiro atoms. The van der Waals surface area contributed by atoms with Crippen molar-refractivity contribution < 1.29 is 14.7 Å². The van der Waals surface area contributed by atoms with Crippen molar-refractivity contribution >= 4 is 11.9 Å². The Morgan fingerprint density at radius 1 is 1.38 bits per heavy atom. The number of rotatable bonds is 2. The highest BCUT2D eigenvalue weighted by Crippen LogP contribution is 2.15. The van der Waals surface area contributed by atoms with E-state index >= 15 is 0 Å². The molecule has 0 unspecified atom stereocenters. The van der Waals surface area contributed by atoms with Gasteiger partial charge in [0.05, 0.1) is 5.56 Å². The van der Waals surface area contributed by atoms with Gasteiger partial charge in [0, 0.05) is 26.3 Å². The van der Waals surface area contributed by atoms with Gasteiger partial charge in [0.15, 0.2) is 5.69 Å². The number of likely N-dealkylation sites (tertiary alicyclic amines) is 1. The van der Waals surface area contributed by atoms with Gasteiger partial charge in [-0.1, -0.05) is 0 Å². The molecule has 1 fully saturated rings. The van der Waals surface area contributed by atoms with Crippen molar-refractivity contribution in [3.8, 4) is 0 Å². The molecule has 16 heavy (non-hydrogen) atoms. The Bertz CT molecular complexity index is 433. The second kappa shape index (κ2) is 3.96. The van der Waals surface area contributed by atoms with E-state index in [-0.39, 0.29) is 17.2 Å². The fraction of sp³-hybridized carbons (Fsp3) is 0.500. The van der Waals surface area contributed by atoms with Gasteiger partial charge in [-0.2, -0.15) is 5.10 Å². The van der Waals surface area contributed by atoms with Gasteiger partial charge < -0.3 is 10.0 Å². The Morgan fingerprint density at radius 3 is 2.56 bits per heavy atom. The molecule has 2 heterocycles. The van der Waals surface area contributed by atoms with Crippen LogP contribution < -0.4 is 0 Å². The fourth-order valence-electron chi connectivity index (χ4n) is 1.89. The van der Waals surface area contributed by atoms with E-state index < -0.39 is 5.97 Å². The van der Waals surface area contributed by atoms with E-state index in [1.54, 1.807) is 11.9 Å². The molecule has 0 saturated carbocycles. The third-order valence-electron chi connectivity index (χ3n) is 2.66. The molecule has 1 aromatic heterocycles. The van der Waals surface area contributed by atoms with E-state index in [2.05, 4.69) is 5.10 Å². The van der Waals surface area contributed by atoms with E-state index in [0.29, 0.717) is 13.1 Å². The minimum absolute atomic E-state index is 0.167. The number of aromatic nitrogens is 2. The first-order valence-electron chi connectivity index (χ1n) is 5.16. The van der Waals surface area contributed by atoms with Gasteiger partial charge >= 0.3 is 5.97 Å². The largest absolute Gasteiger partial charge is 0.476 e. The SMILES string of the molecule is Cn1cc(C(=O)N2CCCC2)c(C(=O)O)n1. The van der Waals surface area contributed by atoms with Gasteiger partial charge in [-0.25, -0.2) is 4.79 Å². The fourth-order valence-corrected chi connectivity index (χ4v) is 1.89. The number of aryl methyl sites for hydroxylation is 1. The molecule has 0 atom stereocenters. The zero-order valence-electron chi connectivity index (χ0n) is 9.01. The van der Waals surface area contributed by atoms with E-state index in [1.165, 1.54) is 10.9 Å². The Morgan fingerprint density at radius 2 is 2.00 bits per heavy atom. The summed E-state index contributed by atoms with van der Waals surface area (Å²) in [6, 6.07) is 0. The first-order chi connectivity index (χ1) is 7.59. The van der Waals surface area contributed by atoms with Crippen LogP contribution in [0.5, 0.6) is 0 Å². The Balaban J connectivity index is 2.31. The van der Waals surface area contributed by atoms with Gasteiger partial charge in [-0.15, -0.1) is 0 Å². The van der Waals surface area contributed by atoms with Crippen LogP contribution in [0.1, 0.15) is 33.7 Å². The molecular weight excluding hydrogens is 210 g/mol. The lowest BCUT2D eigenvalue weighted by Gasteiger charge is -2.13. The highest BCUT2D eigenvalue weighted by molar-refractivity contribution is 6.03. The van der Waals surface area contributed by atoms with Crippen LogP contribution in [0, 0.1) is 0 Å². The second-order valence-electron chi connectivity index (χ2n) is 3.87. The predicted octanol–water partition coefficient (Wildman–Crippen LogP) is 0.354. The highest BCUT2D eigenvalue weighted by atomic mass is 16.4. The number of aromatic carboxylic acids is 1. The van der Waals surface area contributed by atoms with Crippen molar-refractivity contribution in [1.82, 2.24) is 14.7 Å². The van der Waals surface area contributed by atoms with E-state index in [1.807, 2.05) is 0 Å². The molecule has 1 aliphatic rings. The summed E-state index contributed by atoms with van der Waals surface area (Å²) in [5, 5.41) is 12.7. The molecule has 6 heteroatoms. The van der Waals surface area contributed by atoms with Crippen molar-refractivity contribution in [3.63, 3.8) is 0 Å². The van der Waals surface area contributed by atoms with Crippen LogP contribution in [0.2, 0.25) is 0 Å². The minimum atomic E-state index is -1.16. The molecular formula is C10H13N3O3. The lowest BCUT2D eigenvalue weighted by molar-refractivity contribution is 0.0675. The Hall–Kier alpha value is -1.85. The third-order valence-corrected chi connectivity index (χ3v) is 2.66. The summed E-state index contributed by atoms with van der Waals surface area (Å²) in [5.41, 5.74) is 0.0105. The van der Waals surface area contributed by atoms with Crippen molar-refractivity contribution in [1.29, 1.82) is 0 Å². The molecule has 2 rings (SSSR count). The van der Waals surface area contributed by atoms with Crippen LogP contribution in [-0.4, -0.2) is 44.8 Å². The van der Waals surface area contributed by atoms with Crippen molar-refractivity contribution in [2.24, 2.45) is 7.05 Å². The smallest absolute Gasteiger partial charge is 0.357 e. The number of carbonyl (C=O) groups excluding carboxylic acids is 1. The maximum Gasteiger partial charge on any atom is 0.357 e. The quantitative estimate of drug-likeness (QED) is 0.785. The van der Waals surface area contributed by atoms with Crippen molar-refractivity contribution in [2.75, 3.05) is 13.1 Å². The first kappa shape index (κ1) is 10.7. The normalized spacial score (nSPS) is 15.4. The number of hydrogen-bond acceptors (Lipinski definition) is 3. The van der Waals surface area contributed by atoms with Crippen LogP contribution in [0.25, 0.3) is 0 Å². The predicted molar refractivity (Wildman–Crippen MR) is 55.3 cm³/mol. The Labute approximate surface area is 92.5 Å². The number of nitrogens with zero attached hydrogens (tertiary/aromatic N) is 3.